The van der Waals surface area contributed by atoms with Crippen LogP contribution in [-0.2, 0) is 25.2 Å². The summed E-state index contributed by atoms with van der Waals surface area (Å²) in [5, 5.41) is 4.23. The van der Waals surface area contributed by atoms with Gasteiger partial charge in [0.15, 0.2) is 0 Å². The van der Waals surface area contributed by atoms with Gasteiger partial charge in [-0.2, -0.15) is 5.10 Å². The van der Waals surface area contributed by atoms with Crippen LogP contribution in [0.4, 0.5) is 0 Å². The third-order valence-corrected chi connectivity index (χ3v) is 6.70. The quantitative estimate of drug-likeness (QED) is 0.711. The van der Waals surface area contributed by atoms with Crippen molar-refractivity contribution in [2.45, 2.75) is 91.3 Å². The zero-order valence-electron chi connectivity index (χ0n) is 19.9. The van der Waals surface area contributed by atoms with E-state index in [-0.39, 0.29) is 36.6 Å². The molecule has 1 aromatic heterocycles. The average Bonchev–Trinajstić information content (AvgIpc) is 3.37. The van der Waals surface area contributed by atoms with E-state index in [0.717, 1.165) is 24.0 Å². The Morgan fingerprint density at radius 1 is 0.867 bits per heavy atom. The molecule has 2 fully saturated rings. The first kappa shape index (κ1) is 23.3. The van der Waals surface area contributed by atoms with Crippen molar-refractivity contribution in [3.8, 4) is 0 Å². The highest BCUT2D eigenvalue weighted by Crippen LogP contribution is 2.38. The van der Waals surface area contributed by atoms with Gasteiger partial charge in [0.25, 0.3) is 0 Å². The van der Waals surface area contributed by atoms with Gasteiger partial charge >= 0.3 is 14.2 Å². The third-order valence-electron chi connectivity index (χ3n) is 6.70. The molecule has 7 nitrogen and oxygen atoms in total. The van der Waals surface area contributed by atoms with E-state index in [0.29, 0.717) is 0 Å². The fraction of sp³-hybridized carbons (Fsp3) is 0.714. The second kappa shape index (κ2) is 7.93. The number of allylic oxidation sites excluding steroid dienone is 1. The Morgan fingerprint density at radius 2 is 1.37 bits per heavy atom. The van der Waals surface area contributed by atoms with E-state index in [1.807, 2.05) is 29.4 Å². The first-order chi connectivity index (χ1) is 13.8. The molecular formula is C21H35B2N3O4. The molecule has 9 heteroatoms. The summed E-state index contributed by atoms with van der Waals surface area (Å²) in [6.45, 7) is 20.1. The molecule has 0 N–H and O–H groups in total. The molecule has 3 aliphatic rings. The zero-order chi connectivity index (χ0) is 22.4. The Kier molecular flexibility index (Phi) is 6.15. The van der Waals surface area contributed by atoms with Crippen LogP contribution >= 0.6 is 0 Å². The predicted octanol–water partition coefficient (Wildman–Crippen LogP) is 2.83. The fourth-order valence-electron chi connectivity index (χ4n) is 3.16. The third kappa shape index (κ3) is 4.44. The van der Waals surface area contributed by atoms with Gasteiger partial charge in [-0.1, -0.05) is 6.08 Å². The smallest absolute Gasteiger partial charge is 0.399 e. The molecule has 0 aromatic carbocycles. The maximum absolute atomic E-state index is 5.93. The highest BCUT2D eigenvalue weighted by atomic mass is 16.7. The summed E-state index contributed by atoms with van der Waals surface area (Å²) in [7, 11) is -0.545. The van der Waals surface area contributed by atoms with Gasteiger partial charge in [0.05, 0.1) is 28.9 Å². The summed E-state index contributed by atoms with van der Waals surface area (Å²) in [5.41, 5.74) is 0.950. The lowest BCUT2D eigenvalue weighted by molar-refractivity contribution is 0.00578. The molecule has 0 aliphatic carbocycles. The van der Waals surface area contributed by atoms with Gasteiger partial charge in [-0.15, -0.1) is 0 Å². The van der Waals surface area contributed by atoms with Gasteiger partial charge in [-0.25, -0.2) is 0 Å². The Bertz CT molecular complexity index is 798. The number of hydrogen-bond donors (Lipinski definition) is 0. The van der Waals surface area contributed by atoms with Crippen LogP contribution in [0.25, 0.3) is 0 Å². The Balaban J connectivity index is 0.000000172. The highest BCUT2D eigenvalue weighted by Gasteiger charge is 2.53. The number of aromatic nitrogens is 2. The van der Waals surface area contributed by atoms with Gasteiger partial charge in [0, 0.05) is 30.6 Å². The molecule has 0 bridgehead atoms. The molecule has 4 rings (SSSR count). The van der Waals surface area contributed by atoms with Crippen molar-refractivity contribution in [1.82, 2.24) is 9.78 Å². The normalized spacial score (nSPS) is 25.3. The fourth-order valence-corrected chi connectivity index (χ4v) is 3.16. The zero-order valence-corrected chi connectivity index (χ0v) is 19.9. The van der Waals surface area contributed by atoms with Crippen LogP contribution in [0.2, 0.25) is 0 Å². The molecule has 0 saturated carbocycles. The highest BCUT2D eigenvalue weighted by molar-refractivity contribution is 6.62. The summed E-state index contributed by atoms with van der Waals surface area (Å²) in [4.78, 5) is 4.13. The minimum absolute atomic E-state index is 0.244. The molecule has 4 heterocycles. The lowest BCUT2D eigenvalue weighted by atomic mass is 9.79. The Hall–Kier alpha value is -1.41. The Labute approximate surface area is 181 Å². The van der Waals surface area contributed by atoms with Gasteiger partial charge in [-0.3, -0.25) is 9.67 Å². The van der Waals surface area contributed by atoms with Crippen molar-refractivity contribution in [2.24, 2.45) is 4.99 Å². The largest absolute Gasteiger partial charge is 0.498 e. The number of rotatable bonds is 3. The molecule has 2 saturated heterocycles. The molecule has 164 valence electrons. The number of aliphatic imine (C=N–C) groups is 1. The molecule has 3 aliphatic heterocycles. The summed E-state index contributed by atoms with van der Waals surface area (Å²) in [6.07, 6.45) is 7.66. The second-order valence-electron chi connectivity index (χ2n) is 10.0. The molecule has 0 radical (unpaired) electrons. The first-order valence-electron chi connectivity index (χ1n) is 10.7. The first-order valence-corrected chi connectivity index (χ1v) is 10.7. The van der Waals surface area contributed by atoms with Crippen LogP contribution in [0.15, 0.2) is 28.9 Å². The van der Waals surface area contributed by atoms with Gasteiger partial charge in [0.2, 0.25) is 0 Å². The van der Waals surface area contributed by atoms with Crippen LogP contribution in [0.3, 0.4) is 0 Å². The van der Waals surface area contributed by atoms with E-state index in [1.165, 1.54) is 0 Å². The van der Waals surface area contributed by atoms with Crippen LogP contribution < -0.4 is 5.46 Å². The topological polar surface area (TPSA) is 67.1 Å². The van der Waals surface area contributed by atoms with E-state index >= 15 is 0 Å². The van der Waals surface area contributed by atoms with E-state index in [4.69, 9.17) is 18.6 Å². The van der Waals surface area contributed by atoms with Crippen molar-refractivity contribution < 1.29 is 18.6 Å². The second-order valence-corrected chi connectivity index (χ2v) is 10.0. The summed E-state index contributed by atoms with van der Waals surface area (Å²) in [6, 6.07) is 0. The summed E-state index contributed by atoms with van der Waals surface area (Å²) < 4.78 is 25.5. The van der Waals surface area contributed by atoms with Crippen LogP contribution in [-0.4, -0.2) is 59.2 Å². The monoisotopic (exact) mass is 415 g/mol. The lowest BCUT2D eigenvalue weighted by Crippen LogP contribution is -2.41. The van der Waals surface area contributed by atoms with Crippen molar-refractivity contribution in [1.29, 1.82) is 0 Å². The molecule has 30 heavy (non-hydrogen) atoms. The minimum Gasteiger partial charge on any atom is -0.399 e. The van der Waals surface area contributed by atoms with Crippen molar-refractivity contribution in [3.05, 3.63) is 23.9 Å². The number of nitrogens with zero attached hydrogens (tertiary/aromatic N) is 3. The van der Waals surface area contributed by atoms with Gasteiger partial charge in [0.1, 0.15) is 0 Å². The van der Waals surface area contributed by atoms with E-state index in [9.17, 15) is 0 Å². The van der Waals surface area contributed by atoms with E-state index < -0.39 is 0 Å². The maximum atomic E-state index is 5.93. The summed E-state index contributed by atoms with van der Waals surface area (Å²) in [5.74, 6) is 0. The van der Waals surface area contributed by atoms with Crippen molar-refractivity contribution in [3.63, 3.8) is 0 Å². The molecule has 1 aromatic rings. The van der Waals surface area contributed by atoms with Gasteiger partial charge < -0.3 is 18.6 Å². The van der Waals surface area contributed by atoms with Crippen molar-refractivity contribution >= 4 is 25.9 Å². The number of hydrogen-bond acceptors (Lipinski definition) is 6. The minimum atomic E-state index is -0.301. The predicted molar refractivity (Wildman–Crippen MR) is 121 cm³/mol. The van der Waals surface area contributed by atoms with E-state index in [2.05, 4.69) is 72.4 Å². The molecule has 0 amide bonds. The number of aryl methyl sites for hydroxylation is 1. The SMILES string of the molecule is CC1(C)OB(C2=CCN=C2)OC1(C)C.CCn1cc(B2OC(C)(C)C(C)(C)O2)cn1. The van der Waals surface area contributed by atoms with Crippen LogP contribution in [0.5, 0.6) is 0 Å². The lowest BCUT2D eigenvalue weighted by Gasteiger charge is -2.32. The standard InChI is InChI=1S/C11H19BN2O2.C10H16BNO2/c1-6-14-8-9(7-13-14)12-15-10(2,3)11(4,5)16-12;1-9(2)10(3,4)14-11(13-9)8-5-6-12-7-8/h7-8H,6H2,1-5H3;5,7H,6H2,1-4H3. The maximum Gasteiger partial charge on any atom is 0.498 e. The molecule has 0 unspecified atom stereocenters. The van der Waals surface area contributed by atoms with Gasteiger partial charge in [-0.05, 0) is 67.8 Å². The van der Waals surface area contributed by atoms with Crippen molar-refractivity contribution in [2.75, 3.05) is 6.54 Å². The average molecular weight is 415 g/mol. The van der Waals surface area contributed by atoms with Crippen LogP contribution in [0.1, 0.15) is 62.3 Å². The molecule has 0 spiro atoms. The Morgan fingerprint density at radius 3 is 1.77 bits per heavy atom. The van der Waals surface area contributed by atoms with E-state index in [1.54, 1.807) is 0 Å². The molecule has 0 atom stereocenters. The summed E-state index contributed by atoms with van der Waals surface area (Å²) >= 11 is 0. The molecular weight excluding hydrogens is 380 g/mol. The van der Waals surface area contributed by atoms with Crippen LogP contribution in [0, 0.1) is 0 Å².